The number of hydrogen-bond acceptors (Lipinski definition) is 3. The summed E-state index contributed by atoms with van der Waals surface area (Å²) >= 11 is 0. The summed E-state index contributed by atoms with van der Waals surface area (Å²) in [7, 11) is 3.08. The summed E-state index contributed by atoms with van der Waals surface area (Å²) in [6, 6.07) is 0.875. The van der Waals surface area contributed by atoms with Crippen molar-refractivity contribution in [3.63, 3.8) is 0 Å². The minimum Gasteiger partial charge on any atom is -0.374 e. The highest BCUT2D eigenvalue weighted by Gasteiger charge is 2.39. The molecular formula is C10H23BO3Si. The smallest absolute Gasteiger partial charge is 0.374 e. The first-order chi connectivity index (χ1) is 7.24. The summed E-state index contributed by atoms with van der Waals surface area (Å²) in [5.74, 6) is 0. The third kappa shape index (κ3) is 6.35. The van der Waals surface area contributed by atoms with Crippen LogP contribution >= 0.6 is 0 Å². The molecule has 0 rings (SSSR count). The summed E-state index contributed by atoms with van der Waals surface area (Å²) in [5, 5.41) is 0. The second-order valence-corrected chi connectivity index (χ2v) is 5.96. The van der Waals surface area contributed by atoms with Gasteiger partial charge in [-0.25, -0.2) is 0 Å². The van der Waals surface area contributed by atoms with E-state index in [0.717, 1.165) is 25.2 Å². The van der Waals surface area contributed by atoms with E-state index in [1.54, 1.807) is 0 Å². The molecule has 0 spiro atoms. The molecule has 15 heavy (non-hydrogen) atoms. The Morgan fingerprint density at radius 3 is 1.67 bits per heavy atom. The van der Waals surface area contributed by atoms with Crippen LogP contribution in [0.2, 0.25) is 12.4 Å². The van der Waals surface area contributed by atoms with Crippen molar-refractivity contribution in [3.8, 4) is 0 Å². The largest absolute Gasteiger partial charge is 0.500 e. The van der Waals surface area contributed by atoms with Crippen molar-refractivity contribution in [2.24, 2.45) is 0 Å². The molecule has 0 N–H and O–H groups in total. The van der Waals surface area contributed by atoms with Crippen molar-refractivity contribution < 1.29 is 13.3 Å². The summed E-state index contributed by atoms with van der Waals surface area (Å²) in [4.78, 5) is 0. The zero-order valence-corrected chi connectivity index (χ0v) is 11.3. The van der Waals surface area contributed by atoms with E-state index in [0.29, 0.717) is 19.8 Å². The average Bonchev–Trinajstić information content (AvgIpc) is 2.19. The van der Waals surface area contributed by atoms with Gasteiger partial charge in [0.15, 0.2) is 0 Å². The second kappa shape index (κ2) is 9.39. The first-order valence-corrected chi connectivity index (χ1v) is 7.79. The van der Waals surface area contributed by atoms with Gasteiger partial charge in [0.05, 0.1) is 7.85 Å². The van der Waals surface area contributed by atoms with Gasteiger partial charge in [-0.05, 0) is 27.2 Å². The summed E-state index contributed by atoms with van der Waals surface area (Å²) < 4.78 is 17.1. The molecule has 0 unspecified atom stereocenters. The first-order valence-electron chi connectivity index (χ1n) is 5.86. The lowest BCUT2D eigenvalue weighted by molar-refractivity contribution is 0.0708. The molecule has 0 saturated carbocycles. The van der Waals surface area contributed by atoms with Crippen LogP contribution in [-0.2, 0) is 13.3 Å². The topological polar surface area (TPSA) is 27.7 Å². The van der Waals surface area contributed by atoms with Gasteiger partial charge in [-0.15, -0.1) is 0 Å². The van der Waals surface area contributed by atoms with Crippen molar-refractivity contribution in [1.82, 2.24) is 0 Å². The van der Waals surface area contributed by atoms with E-state index >= 15 is 0 Å². The fourth-order valence-corrected chi connectivity index (χ4v) is 4.17. The highest BCUT2D eigenvalue weighted by atomic mass is 28.4. The fourth-order valence-electron chi connectivity index (χ4n) is 1.49. The Labute approximate surface area is 96.3 Å². The van der Waals surface area contributed by atoms with E-state index in [4.69, 9.17) is 21.1 Å². The van der Waals surface area contributed by atoms with Gasteiger partial charge < -0.3 is 13.3 Å². The van der Waals surface area contributed by atoms with Crippen molar-refractivity contribution in [2.75, 3.05) is 19.8 Å². The van der Waals surface area contributed by atoms with Gasteiger partial charge in [0.25, 0.3) is 0 Å². The van der Waals surface area contributed by atoms with Crippen LogP contribution < -0.4 is 0 Å². The van der Waals surface area contributed by atoms with Gasteiger partial charge in [-0.2, -0.15) is 0 Å². The monoisotopic (exact) mass is 230 g/mol. The Morgan fingerprint density at radius 2 is 1.33 bits per heavy atom. The molecule has 88 valence electrons. The fraction of sp³-hybridized carbons (Fsp3) is 1.00. The van der Waals surface area contributed by atoms with Crippen LogP contribution in [0.4, 0.5) is 0 Å². The van der Waals surface area contributed by atoms with Crippen molar-refractivity contribution in [1.29, 1.82) is 0 Å². The van der Waals surface area contributed by atoms with Gasteiger partial charge >= 0.3 is 8.80 Å². The van der Waals surface area contributed by atoms with Crippen molar-refractivity contribution >= 4 is 16.7 Å². The molecule has 0 aliphatic heterocycles. The van der Waals surface area contributed by atoms with Gasteiger partial charge in [0, 0.05) is 25.9 Å². The second-order valence-electron chi connectivity index (χ2n) is 3.23. The Bertz CT molecular complexity index is 130. The summed E-state index contributed by atoms with van der Waals surface area (Å²) in [6.07, 6.45) is 2.74. The van der Waals surface area contributed by atoms with E-state index in [-0.39, 0.29) is 0 Å². The molecule has 0 heterocycles. The minimum atomic E-state index is -2.39. The molecule has 5 heteroatoms. The lowest BCUT2D eigenvalue weighted by Crippen LogP contribution is -2.45. The number of hydrogen-bond donors (Lipinski definition) is 0. The molecular weight excluding hydrogens is 207 g/mol. The Kier molecular flexibility index (Phi) is 9.49. The molecule has 0 amide bonds. The number of rotatable bonds is 10. The van der Waals surface area contributed by atoms with Crippen LogP contribution in [0.5, 0.6) is 0 Å². The molecule has 0 aromatic heterocycles. The maximum absolute atomic E-state index is 5.71. The predicted molar refractivity (Wildman–Crippen MR) is 65.2 cm³/mol. The van der Waals surface area contributed by atoms with Crippen LogP contribution in [-0.4, -0.2) is 36.5 Å². The zero-order valence-electron chi connectivity index (χ0n) is 10.3. The van der Waals surface area contributed by atoms with E-state index in [1.165, 1.54) is 0 Å². The third-order valence-corrected chi connectivity index (χ3v) is 5.18. The number of unbranched alkanes of at least 4 members (excludes halogenated alkanes) is 1. The van der Waals surface area contributed by atoms with Gasteiger partial charge in [0.1, 0.15) is 0 Å². The highest BCUT2D eigenvalue weighted by molar-refractivity contribution is 6.60. The molecule has 3 nitrogen and oxygen atoms in total. The van der Waals surface area contributed by atoms with E-state index in [9.17, 15) is 0 Å². The molecule has 0 fully saturated rings. The average molecular weight is 230 g/mol. The SMILES string of the molecule is [B]CCCC[Si](OCC)(OCC)OCC. The lowest BCUT2D eigenvalue weighted by Gasteiger charge is -2.28. The molecule has 0 aliphatic carbocycles. The van der Waals surface area contributed by atoms with E-state index in [1.807, 2.05) is 20.8 Å². The van der Waals surface area contributed by atoms with Crippen LogP contribution in [0.25, 0.3) is 0 Å². The maximum Gasteiger partial charge on any atom is 0.500 e. The zero-order chi connectivity index (χ0) is 11.6. The molecule has 0 atom stereocenters. The van der Waals surface area contributed by atoms with Gasteiger partial charge in [-0.1, -0.05) is 12.7 Å². The lowest BCUT2D eigenvalue weighted by atomic mass is 10.0. The van der Waals surface area contributed by atoms with Crippen LogP contribution in [0.15, 0.2) is 0 Å². The van der Waals surface area contributed by atoms with Crippen LogP contribution in [0.1, 0.15) is 33.6 Å². The molecule has 0 bridgehead atoms. The Hall–Kier alpha value is 0.162. The maximum atomic E-state index is 5.71. The molecule has 0 aromatic carbocycles. The first kappa shape index (κ1) is 15.2. The van der Waals surface area contributed by atoms with Crippen molar-refractivity contribution in [2.45, 2.75) is 46.0 Å². The van der Waals surface area contributed by atoms with Crippen LogP contribution in [0.3, 0.4) is 0 Å². The highest BCUT2D eigenvalue weighted by Crippen LogP contribution is 2.19. The Morgan fingerprint density at radius 1 is 0.867 bits per heavy atom. The normalized spacial score (nSPS) is 11.9. The summed E-state index contributed by atoms with van der Waals surface area (Å²) in [5.41, 5.74) is 0. The Balaban J connectivity index is 4.18. The molecule has 0 aromatic rings. The standard InChI is InChI=1S/C10H23BO3Si/c1-4-12-15(13-5-2,14-6-3)10-8-7-9-11/h4-10H2,1-3H3. The quantitative estimate of drug-likeness (QED) is 0.426. The molecule has 2 radical (unpaired) electrons. The minimum absolute atomic E-state index is 0.648. The van der Waals surface area contributed by atoms with E-state index < -0.39 is 8.80 Å². The molecule has 0 saturated heterocycles. The molecule has 0 aliphatic rings. The van der Waals surface area contributed by atoms with Gasteiger partial charge in [-0.3, -0.25) is 0 Å². The van der Waals surface area contributed by atoms with Gasteiger partial charge in [0.2, 0.25) is 0 Å². The van der Waals surface area contributed by atoms with E-state index in [2.05, 4.69) is 0 Å². The van der Waals surface area contributed by atoms with Crippen LogP contribution in [0, 0.1) is 0 Å². The third-order valence-electron chi connectivity index (χ3n) is 2.03. The summed E-state index contributed by atoms with van der Waals surface area (Å²) in [6.45, 7) is 7.87. The van der Waals surface area contributed by atoms with Crippen molar-refractivity contribution in [3.05, 3.63) is 0 Å². The predicted octanol–water partition coefficient (Wildman–Crippen LogP) is 2.40.